The molecule has 5 heteroatoms. The van der Waals surface area contributed by atoms with Crippen LogP contribution < -0.4 is 10.2 Å². The minimum Gasteiger partial charge on any atom is -0.389 e. The van der Waals surface area contributed by atoms with Crippen molar-refractivity contribution in [2.24, 2.45) is 5.92 Å². The Labute approximate surface area is 119 Å². The van der Waals surface area contributed by atoms with Gasteiger partial charge in [-0.1, -0.05) is 26.0 Å². The third kappa shape index (κ3) is 4.49. The van der Waals surface area contributed by atoms with Crippen molar-refractivity contribution >= 4 is 11.6 Å². The molecule has 4 nitrogen and oxygen atoms in total. The average molecular weight is 282 g/mol. The lowest BCUT2D eigenvalue weighted by atomic mass is 10.1. The van der Waals surface area contributed by atoms with E-state index in [4.69, 9.17) is 0 Å². The highest BCUT2D eigenvalue weighted by molar-refractivity contribution is 5.81. The molecule has 1 rings (SSSR count). The monoisotopic (exact) mass is 282 g/mol. The first-order chi connectivity index (χ1) is 9.32. The van der Waals surface area contributed by atoms with E-state index in [-0.39, 0.29) is 18.1 Å². The fourth-order valence-corrected chi connectivity index (χ4v) is 1.94. The number of amides is 1. The summed E-state index contributed by atoms with van der Waals surface area (Å²) in [5, 5.41) is 12.5. The Morgan fingerprint density at radius 3 is 2.60 bits per heavy atom. The standard InChI is InChI=1S/C15H23FN2O2/c1-10(2)8-17-14(20)9-18(4)15-12(11(3)19)6-5-7-13(15)16/h5-7,10-11,19H,8-9H2,1-4H3,(H,17,20)/t11-/m1/s1. The molecule has 112 valence electrons. The number of carbonyl (C=O) groups excluding carboxylic acids is 1. The first-order valence-corrected chi connectivity index (χ1v) is 6.77. The third-order valence-corrected chi connectivity index (χ3v) is 2.94. The molecular weight excluding hydrogens is 259 g/mol. The van der Waals surface area contributed by atoms with Crippen LogP contribution in [0.4, 0.5) is 10.1 Å². The molecule has 0 fully saturated rings. The number of benzene rings is 1. The van der Waals surface area contributed by atoms with Crippen molar-refractivity contribution in [3.05, 3.63) is 29.6 Å². The maximum Gasteiger partial charge on any atom is 0.239 e. The van der Waals surface area contributed by atoms with Crippen LogP contribution in [0.15, 0.2) is 18.2 Å². The number of aliphatic hydroxyl groups excluding tert-OH is 1. The van der Waals surface area contributed by atoms with Gasteiger partial charge in [-0.3, -0.25) is 4.79 Å². The SMILES string of the molecule is CC(C)CNC(=O)CN(C)c1c(F)cccc1[C@@H](C)O. The van der Waals surface area contributed by atoms with E-state index < -0.39 is 11.9 Å². The number of para-hydroxylation sites is 1. The summed E-state index contributed by atoms with van der Waals surface area (Å²) in [6.07, 6.45) is -0.790. The Hall–Kier alpha value is -1.62. The molecule has 0 bridgehead atoms. The van der Waals surface area contributed by atoms with Gasteiger partial charge in [0.25, 0.3) is 0 Å². The van der Waals surface area contributed by atoms with E-state index in [9.17, 15) is 14.3 Å². The fourth-order valence-electron chi connectivity index (χ4n) is 1.94. The van der Waals surface area contributed by atoms with Gasteiger partial charge in [0.15, 0.2) is 0 Å². The van der Waals surface area contributed by atoms with Gasteiger partial charge in [-0.05, 0) is 18.9 Å². The van der Waals surface area contributed by atoms with Crippen LogP contribution in [0, 0.1) is 11.7 Å². The van der Waals surface area contributed by atoms with Crippen LogP contribution in [0.3, 0.4) is 0 Å². The van der Waals surface area contributed by atoms with Crippen LogP contribution in [0.2, 0.25) is 0 Å². The summed E-state index contributed by atoms with van der Waals surface area (Å²) >= 11 is 0. The van der Waals surface area contributed by atoms with Gasteiger partial charge in [-0.15, -0.1) is 0 Å². The van der Waals surface area contributed by atoms with Crippen LogP contribution in [0.1, 0.15) is 32.4 Å². The third-order valence-electron chi connectivity index (χ3n) is 2.94. The molecule has 0 aliphatic carbocycles. The van der Waals surface area contributed by atoms with E-state index in [1.165, 1.54) is 11.0 Å². The summed E-state index contributed by atoms with van der Waals surface area (Å²) in [5.41, 5.74) is 0.742. The number of rotatable bonds is 6. The highest BCUT2D eigenvalue weighted by Crippen LogP contribution is 2.28. The van der Waals surface area contributed by atoms with Gasteiger partial charge >= 0.3 is 0 Å². The van der Waals surface area contributed by atoms with E-state index >= 15 is 0 Å². The average Bonchev–Trinajstić information content (AvgIpc) is 2.35. The molecular formula is C15H23FN2O2. The normalized spacial score (nSPS) is 12.3. The van der Waals surface area contributed by atoms with Gasteiger partial charge < -0.3 is 15.3 Å². The van der Waals surface area contributed by atoms with Crippen molar-refractivity contribution in [2.75, 3.05) is 25.0 Å². The number of nitrogens with zero attached hydrogens (tertiary/aromatic N) is 1. The molecule has 2 N–H and O–H groups in total. The fraction of sp³-hybridized carbons (Fsp3) is 0.533. The Morgan fingerprint density at radius 2 is 2.05 bits per heavy atom. The highest BCUT2D eigenvalue weighted by Gasteiger charge is 2.18. The minimum absolute atomic E-state index is 0.0490. The van der Waals surface area contributed by atoms with Crippen LogP contribution in [-0.4, -0.2) is 31.2 Å². The summed E-state index contributed by atoms with van der Waals surface area (Å²) in [7, 11) is 1.64. The Balaban J connectivity index is 2.82. The maximum absolute atomic E-state index is 13.9. The molecule has 0 aromatic heterocycles. The zero-order valence-electron chi connectivity index (χ0n) is 12.5. The van der Waals surface area contributed by atoms with Crippen LogP contribution in [-0.2, 0) is 4.79 Å². The summed E-state index contributed by atoms with van der Waals surface area (Å²) in [6.45, 7) is 6.23. The second kappa shape index (κ2) is 7.24. The lowest BCUT2D eigenvalue weighted by Gasteiger charge is -2.24. The van der Waals surface area contributed by atoms with Crippen molar-refractivity contribution in [1.82, 2.24) is 5.32 Å². The molecule has 1 aromatic carbocycles. The number of nitrogens with one attached hydrogen (secondary N) is 1. The van der Waals surface area contributed by atoms with Gasteiger partial charge in [0.2, 0.25) is 5.91 Å². The number of anilines is 1. The summed E-state index contributed by atoms with van der Waals surface area (Å²) in [6, 6.07) is 4.53. The molecule has 1 atom stereocenters. The molecule has 0 radical (unpaired) electrons. The first kappa shape index (κ1) is 16.4. The number of hydrogen-bond donors (Lipinski definition) is 2. The summed E-state index contributed by atoms with van der Waals surface area (Å²) in [4.78, 5) is 13.3. The molecule has 0 aliphatic heterocycles. The van der Waals surface area contributed by atoms with Gasteiger partial charge in [0.05, 0.1) is 18.3 Å². The van der Waals surface area contributed by atoms with Crippen LogP contribution in [0.5, 0.6) is 0 Å². The Bertz CT molecular complexity index is 461. The highest BCUT2D eigenvalue weighted by atomic mass is 19.1. The lowest BCUT2D eigenvalue weighted by Crippen LogP contribution is -2.37. The summed E-state index contributed by atoms with van der Waals surface area (Å²) in [5.74, 6) is -0.241. The van der Waals surface area contributed by atoms with Gasteiger partial charge in [0.1, 0.15) is 5.82 Å². The Morgan fingerprint density at radius 1 is 1.40 bits per heavy atom. The molecule has 0 heterocycles. The maximum atomic E-state index is 13.9. The van der Waals surface area contributed by atoms with Gasteiger partial charge in [0, 0.05) is 19.2 Å². The van der Waals surface area contributed by atoms with E-state index in [1.807, 2.05) is 13.8 Å². The largest absolute Gasteiger partial charge is 0.389 e. The summed E-state index contributed by atoms with van der Waals surface area (Å²) < 4.78 is 13.9. The topological polar surface area (TPSA) is 52.6 Å². The second-order valence-corrected chi connectivity index (χ2v) is 5.41. The number of aliphatic hydroxyl groups is 1. The number of carbonyl (C=O) groups is 1. The smallest absolute Gasteiger partial charge is 0.239 e. The van der Waals surface area contributed by atoms with Gasteiger partial charge in [-0.2, -0.15) is 0 Å². The molecule has 0 saturated heterocycles. The van der Waals surface area contributed by atoms with E-state index in [0.717, 1.165) is 0 Å². The van der Waals surface area contributed by atoms with Crippen molar-refractivity contribution in [2.45, 2.75) is 26.9 Å². The second-order valence-electron chi connectivity index (χ2n) is 5.41. The van der Waals surface area contributed by atoms with E-state index in [2.05, 4.69) is 5.32 Å². The molecule has 0 unspecified atom stereocenters. The van der Waals surface area contributed by atoms with Crippen LogP contribution in [0.25, 0.3) is 0 Å². The number of hydrogen-bond acceptors (Lipinski definition) is 3. The van der Waals surface area contributed by atoms with Crippen molar-refractivity contribution in [3.63, 3.8) is 0 Å². The van der Waals surface area contributed by atoms with Crippen molar-refractivity contribution < 1.29 is 14.3 Å². The number of likely N-dealkylation sites (N-methyl/N-ethyl adjacent to an activating group) is 1. The quantitative estimate of drug-likeness (QED) is 0.840. The molecule has 0 aliphatic rings. The zero-order valence-corrected chi connectivity index (χ0v) is 12.5. The minimum atomic E-state index is -0.790. The molecule has 0 saturated carbocycles. The first-order valence-electron chi connectivity index (χ1n) is 6.77. The molecule has 20 heavy (non-hydrogen) atoms. The molecule has 0 spiro atoms. The van der Waals surface area contributed by atoms with E-state index in [1.54, 1.807) is 26.1 Å². The van der Waals surface area contributed by atoms with Gasteiger partial charge in [-0.25, -0.2) is 4.39 Å². The van der Waals surface area contributed by atoms with Crippen LogP contribution >= 0.6 is 0 Å². The predicted octanol–water partition coefficient (Wildman–Crippen LogP) is 2.09. The molecule has 1 aromatic rings. The lowest BCUT2D eigenvalue weighted by molar-refractivity contribution is -0.119. The Kier molecular flexibility index (Phi) is 5.95. The zero-order chi connectivity index (χ0) is 15.3. The molecule has 1 amide bonds. The predicted molar refractivity (Wildman–Crippen MR) is 78.2 cm³/mol. The number of halogens is 1. The van der Waals surface area contributed by atoms with Crippen molar-refractivity contribution in [1.29, 1.82) is 0 Å². The van der Waals surface area contributed by atoms with Crippen molar-refractivity contribution in [3.8, 4) is 0 Å². The van der Waals surface area contributed by atoms with E-state index in [0.29, 0.717) is 18.0 Å².